The molecule has 30 heavy (non-hydrogen) atoms. The van der Waals surface area contributed by atoms with E-state index in [2.05, 4.69) is 27.3 Å². The first kappa shape index (κ1) is 20.3. The van der Waals surface area contributed by atoms with Crippen LogP contribution in [0, 0.1) is 5.92 Å². The van der Waals surface area contributed by atoms with E-state index in [0.29, 0.717) is 41.4 Å². The molecule has 1 saturated heterocycles. The van der Waals surface area contributed by atoms with Gasteiger partial charge >= 0.3 is 5.97 Å². The van der Waals surface area contributed by atoms with Crippen LogP contribution in [0.4, 0.5) is 5.95 Å². The smallest absolute Gasteiger partial charge is 0.326 e. The number of rotatable bonds is 5. The van der Waals surface area contributed by atoms with Gasteiger partial charge in [0.15, 0.2) is 0 Å². The summed E-state index contributed by atoms with van der Waals surface area (Å²) in [5.41, 5.74) is 0.793. The summed E-state index contributed by atoms with van der Waals surface area (Å²) >= 11 is 6.33. The highest BCUT2D eigenvalue weighted by atomic mass is 35.5. The van der Waals surface area contributed by atoms with E-state index in [0.717, 1.165) is 11.0 Å². The van der Waals surface area contributed by atoms with Crippen molar-refractivity contribution in [3.8, 4) is 11.3 Å². The Bertz CT molecular complexity index is 1160. The van der Waals surface area contributed by atoms with Crippen molar-refractivity contribution in [3.63, 3.8) is 0 Å². The Hall–Kier alpha value is -2.98. The van der Waals surface area contributed by atoms with Crippen LogP contribution in [0.15, 0.2) is 29.6 Å². The lowest BCUT2D eigenvalue weighted by Gasteiger charge is -2.29. The van der Waals surface area contributed by atoms with Crippen molar-refractivity contribution in [2.45, 2.75) is 32.4 Å². The van der Waals surface area contributed by atoms with Gasteiger partial charge in [0.2, 0.25) is 5.95 Å². The maximum Gasteiger partial charge on any atom is 0.326 e. The van der Waals surface area contributed by atoms with E-state index in [1.165, 1.54) is 24.0 Å². The molecule has 4 rings (SSSR count). The molecular weight excluding hydrogens is 412 g/mol. The van der Waals surface area contributed by atoms with E-state index in [1.807, 2.05) is 0 Å². The fraction of sp³-hybridized carbons (Fsp3) is 0.421. The second-order valence-electron chi connectivity index (χ2n) is 7.40. The maximum atomic E-state index is 12.7. The molecule has 0 saturated carbocycles. The van der Waals surface area contributed by atoms with Crippen molar-refractivity contribution in [1.29, 1.82) is 0 Å². The van der Waals surface area contributed by atoms with Gasteiger partial charge in [-0.2, -0.15) is 5.10 Å². The molecule has 3 aromatic rings. The zero-order chi connectivity index (χ0) is 21.4. The minimum Gasteiger partial charge on any atom is -0.480 e. The lowest BCUT2D eigenvalue weighted by Crippen LogP contribution is -2.36. The number of carboxylic acids is 1. The molecule has 1 fully saturated rings. The van der Waals surface area contributed by atoms with E-state index in [-0.39, 0.29) is 11.6 Å². The van der Waals surface area contributed by atoms with Crippen LogP contribution in [0.5, 0.6) is 0 Å². The lowest BCUT2D eigenvalue weighted by atomic mass is 9.98. The molecule has 4 heterocycles. The molecular formula is C19H21ClN6O4. The summed E-state index contributed by atoms with van der Waals surface area (Å²) in [6.45, 7) is 4.88. The first-order valence-electron chi connectivity index (χ1n) is 9.54. The molecule has 158 valence electrons. The van der Waals surface area contributed by atoms with Crippen molar-refractivity contribution < 1.29 is 14.6 Å². The molecule has 3 aromatic heterocycles. The highest BCUT2D eigenvalue weighted by Gasteiger charge is 2.23. The van der Waals surface area contributed by atoms with Gasteiger partial charge in [0.05, 0.1) is 23.5 Å². The Labute approximate surface area is 176 Å². The maximum absolute atomic E-state index is 12.7. The Morgan fingerprint density at radius 1 is 1.47 bits per heavy atom. The Morgan fingerprint density at radius 3 is 3.00 bits per heavy atom. The number of ether oxygens (including phenoxy) is 1. The topological polar surface area (TPSA) is 124 Å². The van der Waals surface area contributed by atoms with E-state index in [9.17, 15) is 14.7 Å². The second-order valence-corrected chi connectivity index (χ2v) is 7.81. The molecule has 0 bridgehead atoms. The number of hydrogen-bond donors (Lipinski definition) is 2. The van der Waals surface area contributed by atoms with Crippen LogP contribution in [0.25, 0.3) is 16.8 Å². The number of halogens is 1. The predicted octanol–water partition coefficient (Wildman–Crippen LogP) is 2.09. The largest absolute Gasteiger partial charge is 0.480 e. The molecule has 3 atom stereocenters. The highest BCUT2D eigenvalue weighted by Crippen LogP contribution is 2.28. The summed E-state index contributed by atoms with van der Waals surface area (Å²) in [6, 6.07) is 0.746. The monoisotopic (exact) mass is 432 g/mol. The molecule has 0 spiro atoms. The SMILES string of the molecule is CC(C(=O)O)n1cnn2cc(-c3nc(N[C@@H]4CCOC[C@H]4C)ncc3Cl)cc2c1=O. The van der Waals surface area contributed by atoms with Crippen LogP contribution in [0.3, 0.4) is 0 Å². The van der Waals surface area contributed by atoms with Gasteiger partial charge in [-0.1, -0.05) is 18.5 Å². The van der Waals surface area contributed by atoms with E-state index < -0.39 is 17.6 Å². The van der Waals surface area contributed by atoms with Crippen LogP contribution in [0.1, 0.15) is 26.3 Å². The number of aliphatic carboxylic acids is 1. The molecule has 2 N–H and O–H groups in total. The average Bonchev–Trinajstić information content (AvgIpc) is 3.16. The highest BCUT2D eigenvalue weighted by molar-refractivity contribution is 6.32. The number of fused-ring (bicyclic) bond motifs is 1. The van der Waals surface area contributed by atoms with Crippen molar-refractivity contribution in [3.05, 3.63) is 40.2 Å². The van der Waals surface area contributed by atoms with Gasteiger partial charge in [0.25, 0.3) is 5.56 Å². The fourth-order valence-electron chi connectivity index (χ4n) is 3.43. The van der Waals surface area contributed by atoms with E-state index in [4.69, 9.17) is 16.3 Å². The van der Waals surface area contributed by atoms with Crippen LogP contribution in [-0.4, -0.2) is 54.5 Å². The lowest BCUT2D eigenvalue weighted by molar-refractivity contribution is -0.140. The van der Waals surface area contributed by atoms with Crippen LogP contribution in [-0.2, 0) is 9.53 Å². The van der Waals surface area contributed by atoms with Gasteiger partial charge in [0.1, 0.15) is 17.9 Å². The van der Waals surface area contributed by atoms with Gasteiger partial charge in [-0.25, -0.2) is 19.3 Å². The average molecular weight is 433 g/mol. The number of hydrogen-bond acceptors (Lipinski definition) is 7. The summed E-state index contributed by atoms with van der Waals surface area (Å²) in [6.07, 6.45) is 5.20. The van der Waals surface area contributed by atoms with Gasteiger partial charge in [-0.05, 0) is 25.3 Å². The summed E-state index contributed by atoms with van der Waals surface area (Å²) in [4.78, 5) is 32.8. The minimum absolute atomic E-state index is 0.187. The number of carboxylic acid groups (broad SMARTS) is 1. The van der Waals surface area contributed by atoms with Crippen LogP contribution in [0.2, 0.25) is 5.02 Å². The Kier molecular flexibility index (Phi) is 5.44. The van der Waals surface area contributed by atoms with Gasteiger partial charge in [-0.3, -0.25) is 9.36 Å². The third kappa shape index (κ3) is 3.75. The Balaban J connectivity index is 1.70. The van der Waals surface area contributed by atoms with Gasteiger partial charge in [-0.15, -0.1) is 0 Å². The summed E-state index contributed by atoms with van der Waals surface area (Å²) in [5, 5.41) is 17.0. The molecule has 0 aromatic carbocycles. The van der Waals surface area contributed by atoms with Crippen molar-refractivity contribution in [2.75, 3.05) is 18.5 Å². The van der Waals surface area contributed by atoms with Gasteiger partial charge in [0, 0.05) is 24.4 Å². The standard InChI is InChI=1S/C19H21ClN6O4/c1-10-8-30-4-3-14(10)23-19-21-6-13(20)16(24-19)12-5-15-17(27)25(11(2)18(28)29)9-22-26(15)7-12/h5-7,9-11,14H,3-4,8H2,1-2H3,(H,28,29)(H,21,23,24)/t10-,11?,14-/m1/s1. The van der Waals surface area contributed by atoms with Crippen molar-refractivity contribution >= 4 is 29.0 Å². The number of nitrogens with one attached hydrogen (secondary N) is 1. The molecule has 1 aliphatic heterocycles. The first-order valence-corrected chi connectivity index (χ1v) is 9.92. The van der Waals surface area contributed by atoms with Crippen LogP contribution >= 0.6 is 11.6 Å². The number of carbonyl (C=O) groups is 1. The summed E-state index contributed by atoms with van der Waals surface area (Å²) < 4.78 is 7.92. The normalized spacial score (nSPS) is 20.2. The number of aromatic nitrogens is 5. The number of nitrogens with zero attached hydrogens (tertiary/aromatic N) is 5. The summed E-state index contributed by atoms with van der Waals surface area (Å²) in [5.74, 6) is -0.363. The molecule has 1 aliphatic rings. The second kappa shape index (κ2) is 8.04. The third-order valence-electron chi connectivity index (χ3n) is 5.30. The molecule has 0 aliphatic carbocycles. The summed E-state index contributed by atoms with van der Waals surface area (Å²) in [7, 11) is 0. The molecule has 1 unspecified atom stereocenters. The zero-order valence-electron chi connectivity index (χ0n) is 16.4. The molecule has 11 heteroatoms. The van der Waals surface area contributed by atoms with E-state index >= 15 is 0 Å². The van der Waals surface area contributed by atoms with Crippen LogP contribution < -0.4 is 10.9 Å². The molecule has 0 amide bonds. The van der Waals surface area contributed by atoms with E-state index in [1.54, 1.807) is 12.3 Å². The molecule has 0 radical (unpaired) electrons. The quantitative estimate of drug-likeness (QED) is 0.628. The minimum atomic E-state index is -1.12. The zero-order valence-corrected chi connectivity index (χ0v) is 17.2. The predicted molar refractivity (Wildman–Crippen MR) is 110 cm³/mol. The molecule has 10 nitrogen and oxygen atoms in total. The van der Waals surface area contributed by atoms with Gasteiger partial charge < -0.3 is 15.2 Å². The third-order valence-corrected chi connectivity index (χ3v) is 5.58. The van der Waals surface area contributed by atoms with Crippen molar-refractivity contribution in [1.82, 2.24) is 24.1 Å². The van der Waals surface area contributed by atoms with Crippen molar-refractivity contribution in [2.24, 2.45) is 5.92 Å². The fourth-order valence-corrected chi connectivity index (χ4v) is 3.63. The Morgan fingerprint density at radius 2 is 2.27 bits per heavy atom. The first-order chi connectivity index (χ1) is 14.3. The number of anilines is 1.